The molecule has 0 aliphatic carbocycles. The fraction of sp³-hybridized carbons (Fsp3) is 0.417. The number of nitrogens with two attached hydrogens (primary N) is 1. The van der Waals surface area contributed by atoms with Crippen molar-refractivity contribution >= 4 is 21.8 Å². The number of rotatable bonds is 3. The minimum atomic E-state index is -0.312. The summed E-state index contributed by atoms with van der Waals surface area (Å²) in [5.41, 5.74) is 9.31. The quantitative estimate of drug-likeness (QED) is 0.371. The molecule has 0 aromatic heterocycles. The Morgan fingerprint density at radius 1 is 1.47 bits per heavy atom. The second-order valence-electron chi connectivity index (χ2n) is 4.48. The summed E-state index contributed by atoms with van der Waals surface area (Å²) < 4.78 is 6.29. The number of hydrogen-bond acceptors (Lipinski definition) is 5. The lowest BCUT2D eigenvalue weighted by Gasteiger charge is -2.21. The fourth-order valence-electron chi connectivity index (χ4n) is 2.38. The molecule has 1 aromatic carbocycles. The lowest BCUT2D eigenvalue weighted by atomic mass is 9.89. The molecule has 3 unspecified atom stereocenters. The molecule has 6 nitrogen and oxygen atoms in total. The minimum absolute atomic E-state index is 0.0303. The van der Waals surface area contributed by atoms with Crippen LogP contribution in [0.5, 0.6) is 5.75 Å². The van der Waals surface area contributed by atoms with Crippen molar-refractivity contribution in [3.8, 4) is 5.75 Å². The Morgan fingerprint density at radius 3 is 2.84 bits per heavy atom. The lowest BCUT2D eigenvalue weighted by molar-refractivity contribution is -0.125. The lowest BCUT2D eigenvalue weighted by Crippen LogP contribution is -2.41. The SMILES string of the molecule is COc1ccc(Br)cc1C1NNC(C)C1C(=O)NN. The molecule has 3 atom stereocenters. The van der Waals surface area contributed by atoms with Crippen molar-refractivity contribution in [3.05, 3.63) is 28.2 Å². The van der Waals surface area contributed by atoms with Crippen LogP contribution in [-0.2, 0) is 4.79 Å². The van der Waals surface area contributed by atoms with Gasteiger partial charge in [-0.05, 0) is 25.1 Å². The van der Waals surface area contributed by atoms with Crippen LogP contribution in [0.2, 0.25) is 0 Å². The van der Waals surface area contributed by atoms with Gasteiger partial charge in [0.15, 0.2) is 0 Å². The molecule has 7 heteroatoms. The normalized spacial score (nSPS) is 26.2. The van der Waals surface area contributed by atoms with Gasteiger partial charge in [0.05, 0.1) is 19.1 Å². The maximum absolute atomic E-state index is 11.9. The highest BCUT2D eigenvalue weighted by atomic mass is 79.9. The maximum atomic E-state index is 11.9. The third kappa shape index (κ3) is 2.74. The molecule has 1 heterocycles. The highest BCUT2D eigenvalue weighted by Crippen LogP contribution is 2.36. The van der Waals surface area contributed by atoms with Crippen molar-refractivity contribution in [3.63, 3.8) is 0 Å². The predicted molar refractivity (Wildman–Crippen MR) is 75.0 cm³/mol. The Balaban J connectivity index is 2.39. The van der Waals surface area contributed by atoms with E-state index in [1.807, 2.05) is 25.1 Å². The number of halogens is 1. The molecule has 1 aliphatic rings. The molecule has 1 fully saturated rings. The Hall–Kier alpha value is -1.15. The minimum Gasteiger partial charge on any atom is -0.496 e. The number of methoxy groups -OCH3 is 1. The number of amides is 1. The largest absolute Gasteiger partial charge is 0.496 e. The Labute approximate surface area is 120 Å². The van der Waals surface area contributed by atoms with Crippen molar-refractivity contribution in [1.82, 2.24) is 16.3 Å². The number of carbonyl (C=O) groups is 1. The van der Waals surface area contributed by atoms with Crippen LogP contribution in [-0.4, -0.2) is 19.1 Å². The summed E-state index contributed by atoms with van der Waals surface area (Å²) in [4.78, 5) is 11.9. The van der Waals surface area contributed by atoms with Crippen LogP contribution in [0.15, 0.2) is 22.7 Å². The van der Waals surface area contributed by atoms with Gasteiger partial charge >= 0.3 is 0 Å². The van der Waals surface area contributed by atoms with Crippen molar-refractivity contribution in [2.75, 3.05) is 7.11 Å². The van der Waals surface area contributed by atoms with Gasteiger partial charge in [-0.25, -0.2) is 11.3 Å². The number of carbonyl (C=O) groups excluding carboxylic acids is 1. The topological polar surface area (TPSA) is 88.4 Å². The maximum Gasteiger partial charge on any atom is 0.240 e. The van der Waals surface area contributed by atoms with Crippen molar-refractivity contribution < 1.29 is 9.53 Å². The van der Waals surface area contributed by atoms with Crippen LogP contribution in [0.25, 0.3) is 0 Å². The van der Waals surface area contributed by atoms with E-state index in [4.69, 9.17) is 10.6 Å². The average molecular weight is 329 g/mol. The van der Waals surface area contributed by atoms with E-state index in [9.17, 15) is 4.79 Å². The van der Waals surface area contributed by atoms with Gasteiger partial charge in [0.2, 0.25) is 5.91 Å². The summed E-state index contributed by atoms with van der Waals surface area (Å²) in [5, 5.41) is 0. The van der Waals surface area contributed by atoms with Crippen LogP contribution in [0.3, 0.4) is 0 Å². The molecule has 2 rings (SSSR count). The first-order chi connectivity index (χ1) is 9.08. The Morgan fingerprint density at radius 2 is 2.21 bits per heavy atom. The van der Waals surface area contributed by atoms with Gasteiger partial charge in [0, 0.05) is 16.1 Å². The zero-order valence-electron chi connectivity index (χ0n) is 10.7. The smallest absolute Gasteiger partial charge is 0.240 e. The monoisotopic (exact) mass is 328 g/mol. The molecule has 0 spiro atoms. The molecule has 0 saturated carbocycles. The van der Waals surface area contributed by atoms with E-state index in [2.05, 4.69) is 32.2 Å². The molecular formula is C12H17BrN4O2. The van der Waals surface area contributed by atoms with Gasteiger partial charge in [-0.1, -0.05) is 15.9 Å². The van der Waals surface area contributed by atoms with Gasteiger partial charge in [0.25, 0.3) is 0 Å². The first-order valence-electron chi connectivity index (χ1n) is 5.93. The number of ether oxygens (including phenoxy) is 1. The summed E-state index contributed by atoms with van der Waals surface area (Å²) >= 11 is 3.43. The number of hydrazine groups is 2. The zero-order valence-corrected chi connectivity index (χ0v) is 12.3. The molecule has 1 saturated heterocycles. The second-order valence-corrected chi connectivity index (χ2v) is 5.39. The highest BCUT2D eigenvalue weighted by molar-refractivity contribution is 9.10. The van der Waals surface area contributed by atoms with Crippen LogP contribution < -0.4 is 26.9 Å². The predicted octanol–water partition coefficient (Wildman–Crippen LogP) is 0.601. The van der Waals surface area contributed by atoms with E-state index in [-0.39, 0.29) is 23.9 Å². The number of nitrogens with one attached hydrogen (secondary N) is 3. The number of benzene rings is 1. The van der Waals surface area contributed by atoms with Gasteiger partial charge in [-0.3, -0.25) is 15.6 Å². The standard InChI is InChI=1S/C12H17BrN4O2/c1-6-10(12(18)15-14)11(17-16-6)8-5-7(13)3-4-9(8)19-2/h3-6,10-11,16-17H,14H2,1-2H3,(H,15,18). The highest BCUT2D eigenvalue weighted by Gasteiger charge is 2.40. The summed E-state index contributed by atoms with van der Waals surface area (Å²) in [7, 11) is 1.61. The van der Waals surface area contributed by atoms with Gasteiger partial charge in [0.1, 0.15) is 5.75 Å². The third-order valence-electron chi connectivity index (χ3n) is 3.34. The molecule has 1 aliphatic heterocycles. The average Bonchev–Trinajstić information content (AvgIpc) is 2.79. The van der Waals surface area contributed by atoms with E-state index in [0.717, 1.165) is 15.8 Å². The first kappa shape index (κ1) is 14.3. The fourth-order valence-corrected chi connectivity index (χ4v) is 2.76. The second kappa shape index (κ2) is 5.87. The Bertz CT molecular complexity index is 483. The van der Waals surface area contributed by atoms with E-state index >= 15 is 0 Å². The molecule has 1 amide bonds. The van der Waals surface area contributed by atoms with Crippen molar-refractivity contribution in [2.24, 2.45) is 11.8 Å². The summed E-state index contributed by atoms with van der Waals surface area (Å²) in [6.07, 6.45) is 0. The summed E-state index contributed by atoms with van der Waals surface area (Å²) in [5.74, 6) is 5.46. The van der Waals surface area contributed by atoms with E-state index in [0.29, 0.717) is 0 Å². The summed E-state index contributed by atoms with van der Waals surface area (Å²) in [6.45, 7) is 1.93. The Kier molecular flexibility index (Phi) is 4.41. The van der Waals surface area contributed by atoms with Crippen LogP contribution >= 0.6 is 15.9 Å². The van der Waals surface area contributed by atoms with Crippen LogP contribution in [0.1, 0.15) is 18.5 Å². The molecular weight excluding hydrogens is 312 g/mol. The van der Waals surface area contributed by atoms with E-state index in [1.165, 1.54) is 0 Å². The van der Waals surface area contributed by atoms with Crippen LogP contribution in [0, 0.1) is 5.92 Å². The van der Waals surface area contributed by atoms with E-state index in [1.54, 1.807) is 7.11 Å². The zero-order chi connectivity index (χ0) is 14.0. The van der Waals surface area contributed by atoms with Gasteiger partial charge < -0.3 is 4.74 Å². The van der Waals surface area contributed by atoms with E-state index < -0.39 is 0 Å². The molecule has 5 N–H and O–H groups in total. The third-order valence-corrected chi connectivity index (χ3v) is 3.83. The molecule has 1 aromatic rings. The molecule has 104 valence electrons. The summed E-state index contributed by atoms with van der Waals surface area (Å²) in [6, 6.07) is 5.46. The first-order valence-corrected chi connectivity index (χ1v) is 6.72. The van der Waals surface area contributed by atoms with Gasteiger partial charge in [-0.15, -0.1) is 0 Å². The molecule has 19 heavy (non-hydrogen) atoms. The molecule has 0 radical (unpaired) electrons. The van der Waals surface area contributed by atoms with Crippen LogP contribution in [0.4, 0.5) is 0 Å². The molecule has 0 bridgehead atoms. The van der Waals surface area contributed by atoms with Crippen molar-refractivity contribution in [1.29, 1.82) is 0 Å². The van der Waals surface area contributed by atoms with Gasteiger partial charge in [-0.2, -0.15) is 0 Å². The number of hydrogen-bond donors (Lipinski definition) is 4. The van der Waals surface area contributed by atoms with Crippen molar-refractivity contribution in [2.45, 2.75) is 19.0 Å².